The molecule has 4 heterocycles. The first-order chi connectivity index (χ1) is 18.2. The number of fused-ring (bicyclic) bond motifs is 2. The van der Waals surface area contributed by atoms with Gasteiger partial charge in [0.15, 0.2) is 0 Å². The lowest BCUT2D eigenvalue weighted by molar-refractivity contribution is 0.0261. The highest BCUT2D eigenvalue weighted by molar-refractivity contribution is 6.33. The van der Waals surface area contributed by atoms with Crippen LogP contribution in [-0.2, 0) is 11.2 Å². The third-order valence-corrected chi connectivity index (χ3v) is 6.63. The van der Waals surface area contributed by atoms with Crippen molar-refractivity contribution in [2.75, 3.05) is 37.8 Å². The van der Waals surface area contributed by atoms with Crippen molar-refractivity contribution in [1.29, 1.82) is 0 Å². The van der Waals surface area contributed by atoms with E-state index in [1.54, 1.807) is 0 Å². The number of nitrogens with one attached hydrogen (secondary N) is 1. The molecule has 0 bridgehead atoms. The molecule has 3 aromatic rings. The molecule has 0 radical (unpaired) electrons. The first-order valence-electron chi connectivity index (χ1n) is 12.6. The zero-order valence-electron chi connectivity index (χ0n) is 20.7. The lowest BCUT2D eigenvalue weighted by Gasteiger charge is -2.25. The minimum atomic E-state index is 0.00259. The Morgan fingerprint density at radius 3 is 2.81 bits per heavy atom. The van der Waals surface area contributed by atoms with E-state index < -0.39 is 0 Å². The number of anilines is 2. The van der Waals surface area contributed by atoms with Crippen LogP contribution in [0.5, 0.6) is 23.1 Å². The van der Waals surface area contributed by atoms with E-state index in [0.717, 1.165) is 43.9 Å². The van der Waals surface area contributed by atoms with Gasteiger partial charge in [-0.05, 0) is 6.42 Å². The van der Waals surface area contributed by atoms with E-state index in [0.29, 0.717) is 76.7 Å². The van der Waals surface area contributed by atoms with Gasteiger partial charge in [-0.15, -0.1) is 11.6 Å². The van der Waals surface area contributed by atoms with Gasteiger partial charge in [0.2, 0.25) is 12.5 Å². The lowest BCUT2D eigenvalue weighted by Crippen LogP contribution is -2.26. The molecule has 5 rings (SSSR count). The van der Waals surface area contributed by atoms with E-state index in [1.165, 1.54) is 6.20 Å². The maximum absolute atomic E-state index is 6.55. The molecular weight excluding hydrogens is 519 g/mol. The number of pyridine rings is 1. The molecule has 0 aliphatic carbocycles. The number of nitrogens with zero attached hydrogens (tertiary/aromatic N) is 3. The van der Waals surface area contributed by atoms with Gasteiger partial charge in [0.25, 0.3) is 5.88 Å². The summed E-state index contributed by atoms with van der Waals surface area (Å²) in [6.07, 6.45) is 7.04. The summed E-state index contributed by atoms with van der Waals surface area (Å²) in [5, 5.41) is 4.50. The van der Waals surface area contributed by atoms with Crippen molar-refractivity contribution in [1.82, 2.24) is 15.0 Å². The van der Waals surface area contributed by atoms with Gasteiger partial charge in [-0.2, -0.15) is 0 Å². The molecular formula is C26H30Cl2N4O5. The molecule has 37 heavy (non-hydrogen) atoms. The summed E-state index contributed by atoms with van der Waals surface area (Å²) in [7, 11) is 0. The van der Waals surface area contributed by atoms with E-state index in [4.69, 9.17) is 56.9 Å². The van der Waals surface area contributed by atoms with Gasteiger partial charge in [-0.3, -0.25) is 0 Å². The lowest BCUT2D eigenvalue weighted by atomic mass is 10.1. The Morgan fingerprint density at radius 1 is 1.14 bits per heavy atom. The smallest absolute Gasteiger partial charge is 0.262 e. The minimum absolute atomic E-state index is 0.00259. The Kier molecular flexibility index (Phi) is 8.53. The Bertz CT molecular complexity index is 1240. The van der Waals surface area contributed by atoms with Gasteiger partial charge in [-0.1, -0.05) is 31.4 Å². The summed E-state index contributed by atoms with van der Waals surface area (Å²) in [5.74, 6) is 3.74. The average Bonchev–Trinajstić information content (AvgIpc) is 3.39. The number of ether oxygens (including phenoxy) is 5. The first kappa shape index (κ1) is 25.9. The predicted octanol–water partition coefficient (Wildman–Crippen LogP) is 6.06. The van der Waals surface area contributed by atoms with Crippen LogP contribution in [0.4, 0.5) is 11.5 Å². The van der Waals surface area contributed by atoms with Gasteiger partial charge in [0.05, 0.1) is 41.2 Å². The molecule has 0 saturated carbocycles. The standard InChI is InChI=1S/C26H30Cl2N4O5/c1-2-3-4-5-21-30-19-12-17(34-11-8-27)13-20(37-16-6-9-33-10-7-16)22(19)25(31-21)32-23-18(28)14-29-26-24(23)35-15-36-26/h12-14,16H,2-11,15H2,1H3,(H,29,30,31,32). The number of hydrogen-bond donors (Lipinski definition) is 1. The fraction of sp³-hybridized carbons (Fsp3) is 0.500. The van der Waals surface area contributed by atoms with Crippen LogP contribution in [0.2, 0.25) is 5.02 Å². The summed E-state index contributed by atoms with van der Waals surface area (Å²) < 4.78 is 29.0. The molecule has 1 fully saturated rings. The second-order valence-electron chi connectivity index (χ2n) is 8.88. The van der Waals surface area contributed by atoms with Crippen LogP contribution >= 0.6 is 23.2 Å². The van der Waals surface area contributed by atoms with Crippen molar-refractivity contribution in [2.45, 2.75) is 51.6 Å². The van der Waals surface area contributed by atoms with Crippen LogP contribution in [0, 0.1) is 0 Å². The van der Waals surface area contributed by atoms with E-state index >= 15 is 0 Å². The van der Waals surface area contributed by atoms with Crippen molar-refractivity contribution in [3.63, 3.8) is 0 Å². The molecule has 198 valence electrons. The van der Waals surface area contributed by atoms with Crippen molar-refractivity contribution in [3.8, 4) is 23.1 Å². The van der Waals surface area contributed by atoms with Crippen LogP contribution in [0.15, 0.2) is 18.3 Å². The fourth-order valence-electron chi connectivity index (χ4n) is 4.36. The second kappa shape index (κ2) is 12.2. The topological polar surface area (TPSA) is 96.9 Å². The molecule has 1 N–H and O–H groups in total. The SMILES string of the molecule is CCCCCc1nc(Nc2c(Cl)cnc3c2OCO3)c2c(OC3CCOCC3)cc(OCCCl)cc2n1. The Balaban J connectivity index is 1.62. The van der Waals surface area contributed by atoms with E-state index in [2.05, 4.69) is 17.2 Å². The van der Waals surface area contributed by atoms with E-state index in [9.17, 15) is 0 Å². The number of unbranched alkanes of at least 4 members (excludes halogenated alkanes) is 2. The largest absolute Gasteiger partial charge is 0.492 e. The third-order valence-electron chi connectivity index (χ3n) is 6.19. The quantitative estimate of drug-likeness (QED) is 0.226. The predicted molar refractivity (Wildman–Crippen MR) is 142 cm³/mol. The van der Waals surface area contributed by atoms with Gasteiger partial charge in [0.1, 0.15) is 41.5 Å². The Morgan fingerprint density at radius 2 is 2.00 bits per heavy atom. The number of aromatic nitrogens is 3. The summed E-state index contributed by atoms with van der Waals surface area (Å²) in [6, 6.07) is 3.76. The Labute approximate surface area is 225 Å². The average molecular weight is 549 g/mol. The molecule has 1 aromatic carbocycles. The van der Waals surface area contributed by atoms with Crippen molar-refractivity contribution in [3.05, 3.63) is 29.2 Å². The molecule has 0 amide bonds. The molecule has 11 heteroatoms. The number of rotatable bonds is 11. The van der Waals surface area contributed by atoms with Crippen LogP contribution in [0.25, 0.3) is 10.9 Å². The number of aryl methyl sites for hydroxylation is 1. The zero-order chi connectivity index (χ0) is 25.6. The molecule has 1 saturated heterocycles. The van der Waals surface area contributed by atoms with Gasteiger partial charge < -0.3 is 29.0 Å². The van der Waals surface area contributed by atoms with Crippen molar-refractivity contribution >= 4 is 45.6 Å². The summed E-state index contributed by atoms with van der Waals surface area (Å²) in [4.78, 5) is 14.0. The second-order valence-corrected chi connectivity index (χ2v) is 9.66. The number of halogens is 2. The Hall–Kier alpha value is -2.75. The molecule has 0 spiro atoms. The minimum Gasteiger partial charge on any atom is -0.492 e. The van der Waals surface area contributed by atoms with Crippen LogP contribution in [-0.4, -0.2) is 53.5 Å². The maximum Gasteiger partial charge on any atom is 0.262 e. The van der Waals surface area contributed by atoms with Crippen molar-refractivity contribution < 1.29 is 23.7 Å². The molecule has 2 aliphatic rings. The van der Waals surface area contributed by atoms with Gasteiger partial charge in [0, 0.05) is 31.4 Å². The molecule has 2 aliphatic heterocycles. The molecule has 9 nitrogen and oxygen atoms in total. The van der Waals surface area contributed by atoms with Crippen molar-refractivity contribution in [2.24, 2.45) is 0 Å². The molecule has 0 atom stereocenters. The summed E-state index contributed by atoms with van der Waals surface area (Å²) in [5.41, 5.74) is 1.24. The van der Waals surface area contributed by atoms with E-state index in [1.807, 2.05) is 12.1 Å². The normalized spacial score (nSPS) is 15.2. The number of alkyl halides is 1. The first-order valence-corrected chi connectivity index (χ1v) is 13.6. The van der Waals surface area contributed by atoms with Crippen LogP contribution < -0.4 is 24.3 Å². The fourth-order valence-corrected chi connectivity index (χ4v) is 4.62. The molecule has 2 aromatic heterocycles. The summed E-state index contributed by atoms with van der Waals surface area (Å²) >= 11 is 12.4. The molecule has 0 unspecified atom stereocenters. The highest BCUT2D eigenvalue weighted by Crippen LogP contribution is 2.45. The zero-order valence-corrected chi connectivity index (χ0v) is 22.2. The van der Waals surface area contributed by atoms with Crippen LogP contribution in [0.3, 0.4) is 0 Å². The highest BCUT2D eigenvalue weighted by atomic mass is 35.5. The maximum atomic E-state index is 6.55. The van der Waals surface area contributed by atoms with E-state index in [-0.39, 0.29) is 12.9 Å². The van der Waals surface area contributed by atoms with Gasteiger partial charge >= 0.3 is 0 Å². The monoisotopic (exact) mass is 548 g/mol. The number of hydrogen-bond acceptors (Lipinski definition) is 9. The van der Waals surface area contributed by atoms with Gasteiger partial charge in [-0.25, -0.2) is 15.0 Å². The summed E-state index contributed by atoms with van der Waals surface area (Å²) in [6.45, 7) is 3.93. The third kappa shape index (κ3) is 6.05. The van der Waals surface area contributed by atoms with Crippen LogP contribution in [0.1, 0.15) is 44.9 Å². The highest BCUT2D eigenvalue weighted by Gasteiger charge is 2.25. The number of benzene rings is 1.